The van der Waals surface area contributed by atoms with E-state index in [0.717, 1.165) is 18.7 Å². The predicted molar refractivity (Wildman–Crippen MR) is 74.7 cm³/mol. The second-order valence-corrected chi connectivity index (χ2v) is 5.68. The Morgan fingerprint density at radius 2 is 2.11 bits per heavy atom. The third kappa shape index (κ3) is 3.82. The molecule has 2 atom stereocenters. The van der Waals surface area contributed by atoms with Gasteiger partial charge in [0.25, 0.3) is 0 Å². The maximum atomic E-state index is 9.62. The van der Waals surface area contributed by atoms with E-state index < -0.39 is 0 Å². The minimum absolute atomic E-state index is 0.145. The van der Waals surface area contributed by atoms with Gasteiger partial charge in [0.1, 0.15) is 5.82 Å². The predicted octanol–water partition coefficient (Wildman–Crippen LogP) is 2.15. The Morgan fingerprint density at radius 1 is 1.44 bits per heavy atom. The standard InChI is InChI=1S/C14H27N3O/c1-6-13-15-7-8-17(13)12(4)9-14(5,10-18)16-11(2)3/h7-8,11-12,16,18H,6,9-10H2,1-5H3. The zero-order valence-electron chi connectivity index (χ0n) is 12.3. The van der Waals surface area contributed by atoms with Gasteiger partial charge < -0.3 is 15.0 Å². The smallest absolute Gasteiger partial charge is 0.108 e. The third-order valence-corrected chi connectivity index (χ3v) is 3.27. The summed E-state index contributed by atoms with van der Waals surface area (Å²) in [5, 5.41) is 13.1. The van der Waals surface area contributed by atoms with Crippen LogP contribution in [0.25, 0.3) is 0 Å². The van der Waals surface area contributed by atoms with Crippen molar-refractivity contribution >= 4 is 0 Å². The van der Waals surface area contributed by atoms with Crippen LogP contribution in [0.5, 0.6) is 0 Å². The fourth-order valence-corrected chi connectivity index (χ4v) is 2.64. The first-order valence-corrected chi connectivity index (χ1v) is 6.82. The molecule has 0 fully saturated rings. The van der Waals surface area contributed by atoms with Crippen LogP contribution >= 0.6 is 0 Å². The van der Waals surface area contributed by atoms with Gasteiger partial charge in [0.2, 0.25) is 0 Å². The van der Waals surface area contributed by atoms with Crippen LogP contribution in [0, 0.1) is 0 Å². The molecule has 0 aromatic carbocycles. The normalized spacial score (nSPS) is 16.8. The van der Waals surface area contributed by atoms with E-state index in [-0.39, 0.29) is 12.1 Å². The highest BCUT2D eigenvalue weighted by Crippen LogP contribution is 2.22. The fraction of sp³-hybridized carbons (Fsp3) is 0.786. The minimum Gasteiger partial charge on any atom is -0.394 e. The van der Waals surface area contributed by atoms with Gasteiger partial charge in [-0.05, 0) is 20.3 Å². The quantitative estimate of drug-likeness (QED) is 0.783. The third-order valence-electron chi connectivity index (χ3n) is 3.27. The average molecular weight is 253 g/mol. The summed E-state index contributed by atoms with van der Waals surface area (Å²) in [5.41, 5.74) is -0.247. The van der Waals surface area contributed by atoms with Crippen molar-refractivity contribution in [3.8, 4) is 0 Å². The zero-order chi connectivity index (χ0) is 13.8. The Balaban J connectivity index is 2.76. The highest BCUT2D eigenvalue weighted by Gasteiger charge is 2.27. The van der Waals surface area contributed by atoms with Gasteiger partial charge in [-0.3, -0.25) is 0 Å². The highest BCUT2D eigenvalue weighted by atomic mass is 16.3. The molecule has 0 saturated carbocycles. The number of aliphatic hydroxyl groups is 1. The number of nitrogens with one attached hydrogen (secondary N) is 1. The van der Waals surface area contributed by atoms with Crippen LogP contribution in [0.4, 0.5) is 0 Å². The van der Waals surface area contributed by atoms with E-state index in [1.165, 1.54) is 0 Å². The summed E-state index contributed by atoms with van der Waals surface area (Å²) in [6, 6.07) is 0.689. The van der Waals surface area contributed by atoms with Crippen molar-refractivity contribution < 1.29 is 5.11 Å². The molecular formula is C14H27N3O. The molecule has 18 heavy (non-hydrogen) atoms. The molecule has 0 saturated heterocycles. The van der Waals surface area contributed by atoms with E-state index in [4.69, 9.17) is 0 Å². The van der Waals surface area contributed by atoms with Crippen molar-refractivity contribution in [2.45, 2.75) is 65.1 Å². The first kappa shape index (κ1) is 15.2. The summed E-state index contributed by atoms with van der Waals surface area (Å²) in [6.07, 6.45) is 5.69. The number of hydrogen-bond donors (Lipinski definition) is 2. The molecule has 0 aliphatic rings. The largest absolute Gasteiger partial charge is 0.394 e. The summed E-state index contributed by atoms with van der Waals surface area (Å²) < 4.78 is 2.20. The van der Waals surface area contributed by atoms with E-state index in [2.05, 4.69) is 49.5 Å². The lowest BCUT2D eigenvalue weighted by Gasteiger charge is -2.34. The van der Waals surface area contributed by atoms with Crippen molar-refractivity contribution in [3.63, 3.8) is 0 Å². The maximum absolute atomic E-state index is 9.62. The molecule has 104 valence electrons. The first-order chi connectivity index (χ1) is 8.41. The zero-order valence-corrected chi connectivity index (χ0v) is 12.3. The summed E-state index contributed by atoms with van der Waals surface area (Å²) >= 11 is 0. The Bertz CT molecular complexity index is 362. The second kappa shape index (κ2) is 6.34. The van der Waals surface area contributed by atoms with Gasteiger partial charge in [-0.25, -0.2) is 4.98 Å². The van der Waals surface area contributed by atoms with E-state index in [1.807, 2.05) is 12.4 Å². The van der Waals surface area contributed by atoms with Gasteiger partial charge in [0.15, 0.2) is 0 Å². The highest BCUT2D eigenvalue weighted by molar-refractivity contribution is 4.97. The topological polar surface area (TPSA) is 50.1 Å². The number of aryl methyl sites for hydroxylation is 1. The molecule has 1 rings (SSSR count). The molecule has 0 aliphatic carbocycles. The van der Waals surface area contributed by atoms with Crippen molar-refractivity contribution in [1.82, 2.24) is 14.9 Å². The number of rotatable bonds is 7. The molecule has 4 nitrogen and oxygen atoms in total. The number of aliphatic hydroxyl groups excluding tert-OH is 1. The van der Waals surface area contributed by atoms with Gasteiger partial charge in [-0.2, -0.15) is 0 Å². The van der Waals surface area contributed by atoms with Crippen LogP contribution in [0.3, 0.4) is 0 Å². The van der Waals surface area contributed by atoms with E-state index in [0.29, 0.717) is 12.1 Å². The van der Waals surface area contributed by atoms with E-state index >= 15 is 0 Å². The molecule has 0 amide bonds. The Morgan fingerprint density at radius 3 is 2.61 bits per heavy atom. The van der Waals surface area contributed by atoms with Crippen LogP contribution in [0.1, 0.15) is 52.9 Å². The van der Waals surface area contributed by atoms with Crippen LogP contribution < -0.4 is 5.32 Å². The molecule has 0 bridgehead atoms. The monoisotopic (exact) mass is 253 g/mol. The minimum atomic E-state index is -0.247. The van der Waals surface area contributed by atoms with Crippen molar-refractivity contribution in [2.75, 3.05) is 6.61 Å². The Kier molecular flexibility index (Phi) is 5.35. The lowest BCUT2D eigenvalue weighted by Crippen LogP contribution is -2.50. The van der Waals surface area contributed by atoms with E-state index in [9.17, 15) is 5.11 Å². The number of hydrogen-bond acceptors (Lipinski definition) is 3. The van der Waals surface area contributed by atoms with Crippen LogP contribution in [0.15, 0.2) is 12.4 Å². The number of aromatic nitrogens is 2. The molecule has 1 heterocycles. The molecule has 0 aliphatic heterocycles. The summed E-state index contributed by atoms with van der Waals surface area (Å²) in [7, 11) is 0. The fourth-order valence-electron chi connectivity index (χ4n) is 2.64. The molecule has 1 aromatic heterocycles. The van der Waals surface area contributed by atoms with Gasteiger partial charge in [-0.1, -0.05) is 20.8 Å². The molecule has 0 radical (unpaired) electrons. The van der Waals surface area contributed by atoms with Crippen molar-refractivity contribution in [3.05, 3.63) is 18.2 Å². The van der Waals surface area contributed by atoms with E-state index in [1.54, 1.807) is 0 Å². The second-order valence-electron chi connectivity index (χ2n) is 5.68. The van der Waals surface area contributed by atoms with Crippen LogP contribution in [0.2, 0.25) is 0 Å². The summed E-state index contributed by atoms with van der Waals surface area (Å²) in [4.78, 5) is 4.35. The van der Waals surface area contributed by atoms with Gasteiger partial charge in [0, 0.05) is 36.4 Å². The van der Waals surface area contributed by atoms with Crippen LogP contribution in [-0.4, -0.2) is 32.8 Å². The molecular weight excluding hydrogens is 226 g/mol. The van der Waals surface area contributed by atoms with Crippen molar-refractivity contribution in [2.24, 2.45) is 0 Å². The Labute approximate surface area is 110 Å². The van der Waals surface area contributed by atoms with Crippen LogP contribution in [-0.2, 0) is 6.42 Å². The molecule has 0 spiro atoms. The number of nitrogens with zero attached hydrogens (tertiary/aromatic N) is 2. The molecule has 2 N–H and O–H groups in total. The first-order valence-electron chi connectivity index (χ1n) is 6.82. The number of imidazole rings is 1. The van der Waals surface area contributed by atoms with Gasteiger partial charge >= 0.3 is 0 Å². The molecule has 4 heteroatoms. The van der Waals surface area contributed by atoms with Crippen molar-refractivity contribution in [1.29, 1.82) is 0 Å². The average Bonchev–Trinajstić information content (AvgIpc) is 2.75. The maximum Gasteiger partial charge on any atom is 0.108 e. The SMILES string of the molecule is CCc1nccn1C(C)CC(C)(CO)NC(C)C. The van der Waals surface area contributed by atoms with Gasteiger partial charge in [0.05, 0.1) is 6.61 Å². The summed E-state index contributed by atoms with van der Waals surface area (Å²) in [5.74, 6) is 1.10. The molecule has 2 unspecified atom stereocenters. The molecule has 1 aromatic rings. The Hall–Kier alpha value is -0.870. The summed E-state index contributed by atoms with van der Waals surface area (Å²) in [6.45, 7) is 10.7. The lowest BCUT2D eigenvalue weighted by atomic mass is 9.93. The lowest BCUT2D eigenvalue weighted by molar-refractivity contribution is 0.142. The van der Waals surface area contributed by atoms with Gasteiger partial charge in [-0.15, -0.1) is 0 Å².